The van der Waals surface area contributed by atoms with E-state index in [4.69, 9.17) is 14.2 Å². The van der Waals surface area contributed by atoms with Gasteiger partial charge in [-0.2, -0.15) is 0 Å². The summed E-state index contributed by atoms with van der Waals surface area (Å²) in [6.07, 6.45) is 0.809. The van der Waals surface area contributed by atoms with Crippen LogP contribution in [0.4, 0.5) is 11.4 Å². The van der Waals surface area contributed by atoms with Crippen LogP contribution in [0.1, 0.15) is 36.2 Å². The van der Waals surface area contributed by atoms with Crippen LogP contribution in [-0.2, 0) is 0 Å². The van der Waals surface area contributed by atoms with Gasteiger partial charge in [0.2, 0.25) is 0 Å². The van der Waals surface area contributed by atoms with E-state index in [-0.39, 0.29) is 22.7 Å². The number of nitrogens with zero attached hydrogens (tertiary/aromatic N) is 1. The minimum Gasteiger partial charge on any atom is -0.493 e. The van der Waals surface area contributed by atoms with Crippen molar-refractivity contribution in [2.75, 3.05) is 25.6 Å². The number of amides is 1. The topological polar surface area (TPSA) is 99.9 Å². The molecule has 0 bridgehead atoms. The zero-order valence-corrected chi connectivity index (χ0v) is 16.4. The van der Waals surface area contributed by atoms with Crippen LogP contribution in [0, 0.1) is 17.0 Å². The van der Waals surface area contributed by atoms with E-state index in [9.17, 15) is 14.9 Å². The average molecular weight is 388 g/mol. The summed E-state index contributed by atoms with van der Waals surface area (Å²) in [5.41, 5.74) is 0.905. The Bertz CT molecular complexity index is 866. The number of hydrogen-bond donors (Lipinski definition) is 1. The summed E-state index contributed by atoms with van der Waals surface area (Å²) in [6.45, 7) is 6.47. The smallest absolute Gasteiger partial charge is 0.286 e. The van der Waals surface area contributed by atoms with E-state index in [0.29, 0.717) is 24.7 Å². The van der Waals surface area contributed by atoms with Crippen LogP contribution in [0.15, 0.2) is 30.3 Å². The molecule has 2 rings (SSSR count). The number of nitro groups is 1. The predicted molar refractivity (Wildman–Crippen MR) is 106 cm³/mol. The largest absolute Gasteiger partial charge is 0.493 e. The van der Waals surface area contributed by atoms with E-state index in [2.05, 4.69) is 5.32 Å². The summed E-state index contributed by atoms with van der Waals surface area (Å²) in [5, 5.41) is 14.2. The van der Waals surface area contributed by atoms with E-state index in [1.54, 1.807) is 19.1 Å². The molecule has 0 fully saturated rings. The van der Waals surface area contributed by atoms with Crippen LogP contribution < -0.4 is 19.5 Å². The Morgan fingerprint density at radius 1 is 1.11 bits per heavy atom. The fourth-order valence-corrected chi connectivity index (χ4v) is 2.56. The van der Waals surface area contributed by atoms with Crippen molar-refractivity contribution in [3.05, 3.63) is 51.6 Å². The van der Waals surface area contributed by atoms with Crippen molar-refractivity contribution in [2.45, 2.75) is 27.2 Å². The first-order valence-electron chi connectivity index (χ1n) is 8.95. The molecule has 0 unspecified atom stereocenters. The monoisotopic (exact) mass is 388 g/mol. The molecule has 28 heavy (non-hydrogen) atoms. The molecule has 0 radical (unpaired) electrons. The van der Waals surface area contributed by atoms with Gasteiger partial charge in [-0.25, -0.2) is 0 Å². The molecule has 0 spiro atoms. The zero-order valence-electron chi connectivity index (χ0n) is 16.4. The molecule has 2 aromatic carbocycles. The molecular weight excluding hydrogens is 364 g/mol. The number of aryl methyl sites for hydroxylation is 1. The number of methoxy groups -OCH3 is 1. The maximum Gasteiger partial charge on any atom is 0.286 e. The molecular formula is C20H24N2O6. The van der Waals surface area contributed by atoms with Gasteiger partial charge in [-0.15, -0.1) is 0 Å². The lowest BCUT2D eigenvalue weighted by Gasteiger charge is -2.14. The number of benzene rings is 2. The molecule has 1 amide bonds. The van der Waals surface area contributed by atoms with Crippen molar-refractivity contribution in [3.8, 4) is 17.2 Å². The Hall–Kier alpha value is -3.29. The minimum absolute atomic E-state index is 0.128. The van der Waals surface area contributed by atoms with Gasteiger partial charge in [0.25, 0.3) is 11.6 Å². The first-order valence-corrected chi connectivity index (χ1v) is 8.95. The summed E-state index contributed by atoms with van der Waals surface area (Å²) in [5.74, 6) is 0.316. The van der Waals surface area contributed by atoms with Gasteiger partial charge in [-0.05, 0) is 38.0 Å². The SMILES string of the molecule is CCCOc1cc(C)ccc1NC(=O)c1cc(OCC)c(OC)cc1[N+](=O)[O-]. The maximum absolute atomic E-state index is 12.8. The van der Waals surface area contributed by atoms with Gasteiger partial charge in [0.05, 0.1) is 37.0 Å². The number of ether oxygens (including phenoxy) is 3. The van der Waals surface area contributed by atoms with Crippen molar-refractivity contribution >= 4 is 17.3 Å². The number of carbonyl (C=O) groups excluding carboxylic acids is 1. The van der Waals surface area contributed by atoms with Gasteiger partial charge < -0.3 is 19.5 Å². The summed E-state index contributed by atoms with van der Waals surface area (Å²) >= 11 is 0. The van der Waals surface area contributed by atoms with Crippen LogP contribution in [0.3, 0.4) is 0 Å². The van der Waals surface area contributed by atoms with Crippen molar-refractivity contribution < 1.29 is 23.9 Å². The standard InChI is InChI=1S/C20H24N2O6/c1-5-9-28-17-10-13(3)7-8-15(17)21-20(23)14-11-19(27-6-2)18(26-4)12-16(14)22(24)25/h7-8,10-12H,5-6,9H2,1-4H3,(H,21,23). The third-order valence-electron chi connectivity index (χ3n) is 3.87. The lowest BCUT2D eigenvalue weighted by Crippen LogP contribution is -2.15. The van der Waals surface area contributed by atoms with Crippen LogP contribution in [0.5, 0.6) is 17.2 Å². The van der Waals surface area contributed by atoms with Gasteiger partial charge in [-0.3, -0.25) is 14.9 Å². The predicted octanol–water partition coefficient (Wildman–Crippen LogP) is 4.35. The highest BCUT2D eigenvalue weighted by atomic mass is 16.6. The van der Waals surface area contributed by atoms with E-state index < -0.39 is 10.8 Å². The van der Waals surface area contributed by atoms with Crippen molar-refractivity contribution in [2.24, 2.45) is 0 Å². The number of anilines is 1. The lowest BCUT2D eigenvalue weighted by molar-refractivity contribution is -0.385. The first kappa shape index (κ1) is 21.0. The Morgan fingerprint density at radius 3 is 2.46 bits per heavy atom. The Kier molecular flexibility index (Phi) is 7.20. The zero-order chi connectivity index (χ0) is 20.7. The van der Waals surface area contributed by atoms with E-state index in [1.165, 1.54) is 19.2 Å². The summed E-state index contributed by atoms with van der Waals surface area (Å²) in [6, 6.07) is 7.83. The van der Waals surface area contributed by atoms with Gasteiger partial charge in [0.15, 0.2) is 11.5 Å². The average Bonchev–Trinajstić information content (AvgIpc) is 2.67. The summed E-state index contributed by atoms with van der Waals surface area (Å²) < 4.78 is 16.3. The Morgan fingerprint density at radius 2 is 1.86 bits per heavy atom. The third kappa shape index (κ3) is 4.91. The molecule has 1 N–H and O–H groups in total. The number of nitro benzene ring substituents is 1. The number of hydrogen-bond acceptors (Lipinski definition) is 6. The van der Waals surface area contributed by atoms with Gasteiger partial charge in [0.1, 0.15) is 11.3 Å². The van der Waals surface area contributed by atoms with E-state index in [1.807, 2.05) is 19.9 Å². The highest BCUT2D eigenvalue weighted by Gasteiger charge is 2.25. The van der Waals surface area contributed by atoms with E-state index >= 15 is 0 Å². The van der Waals surface area contributed by atoms with Crippen LogP contribution in [-0.4, -0.2) is 31.2 Å². The quantitative estimate of drug-likeness (QED) is 0.506. The van der Waals surface area contributed by atoms with Gasteiger partial charge >= 0.3 is 0 Å². The Labute approximate surface area is 163 Å². The molecule has 8 nitrogen and oxygen atoms in total. The van der Waals surface area contributed by atoms with E-state index in [0.717, 1.165) is 12.0 Å². The fraction of sp³-hybridized carbons (Fsp3) is 0.350. The fourth-order valence-electron chi connectivity index (χ4n) is 2.56. The molecule has 0 aliphatic heterocycles. The molecule has 2 aromatic rings. The molecule has 150 valence electrons. The molecule has 0 saturated heterocycles. The van der Waals surface area contributed by atoms with Crippen LogP contribution in [0.25, 0.3) is 0 Å². The Balaban J connectivity index is 2.43. The van der Waals surface area contributed by atoms with Crippen molar-refractivity contribution in [3.63, 3.8) is 0 Å². The molecule has 0 aliphatic rings. The van der Waals surface area contributed by atoms with Gasteiger partial charge in [0, 0.05) is 6.07 Å². The summed E-state index contributed by atoms with van der Waals surface area (Å²) in [4.78, 5) is 23.7. The van der Waals surface area contributed by atoms with Gasteiger partial charge in [-0.1, -0.05) is 13.0 Å². The molecule has 0 aliphatic carbocycles. The summed E-state index contributed by atoms with van der Waals surface area (Å²) in [7, 11) is 1.38. The molecule has 0 aromatic heterocycles. The minimum atomic E-state index is -0.638. The number of rotatable bonds is 9. The second-order valence-corrected chi connectivity index (χ2v) is 6.01. The third-order valence-corrected chi connectivity index (χ3v) is 3.87. The normalized spacial score (nSPS) is 10.3. The molecule has 0 heterocycles. The lowest BCUT2D eigenvalue weighted by atomic mass is 10.1. The second kappa shape index (κ2) is 9.59. The molecule has 0 saturated carbocycles. The van der Waals surface area contributed by atoms with Crippen LogP contribution >= 0.6 is 0 Å². The number of carbonyl (C=O) groups is 1. The highest BCUT2D eigenvalue weighted by Crippen LogP contribution is 2.35. The second-order valence-electron chi connectivity index (χ2n) is 6.01. The first-order chi connectivity index (χ1) is 13.4. The van der Waals surface area contributed by atoms with Crippen molar-refractivity contribution in [1.82, 2.24) is 0 Å². The van der Waals surface area contributed by atoms with Crippen molar-refractivity contribution in [1.29, 1.82) is 0 Å². The number of nitrogens with one attached hydrogen (secondary N) is 1. The highest BCUT2D eigenvalue weighted by molar-refractivity contribution is 6.08. The van der Waals surface area contributed by atoms with Crippen LogP contribution in [0.2, 0.25) is 0 Å². The maximum atomic E-state index is 12.8. The molecule has 0 atom stereocenters. The molecule has 8 heteroatoms.